The molecule has 0 bridgehead atoms. The molecule has 0 saturated heterocycles. The van der Waals surface area contributed by atoms with Crippen LogP contribution in [0.15, 0.2) is 48.7 Å². The summed E-state index contributed by atoms with van der Waals surface area (Å²) in [6.07, 6.45) is 1.09. The molecule has 2 aromatic rings. The second-order valence-corrected chi connectivity index (χ2v) is 5.55. The van der Waals surface area contributed by atoms with Gasteiger partial charge in [-0.3, -0.25) is 5.32 Å². The topological polar surface area (TPSA) is 63.2 Å². The molecule has 0 fully saturated rings. The van der Waals surface area contributed by atoms with Crippen molar-refractivity contribution < 1.29 is 9.53 Å². The van der Waals surface area contributed by atoms with Crippen molar-refractivity contribution in [2.75, 3.05) is 10.6 Å². The first-order valence-corrected chi connectivity index (χ1v) is 6.70. The minimum Gasteiger partial charge on any atom is -0.444 e. The summed E-state index contributed by atoms with van der Waals surface area (Å²) in [4.78, 5) is 15.9. The van der Waals surface area contributed by atoms with E-state index in [0.29, 0.717) is 11.5 Å². The van der Waals surface area contributed by atoms with Gasteiger partial charge in [-0.15, -0.1) is 0 Å². The summed E-state index contributed by atoms with van der Waals surface area (Å²) in [6.45, 7) is 5.45. The van der Waals surface area contributed by atoms with E-state index >= 15 is 0 Å². The summed E-state index contributed by atoms with van der Waals surface area (Å²) >= 11 is 0. The van der Waals surface area contributed by atoms with Gasteiger partial charge in [0.25, 0.3) is 0 Å². The van der Waals surface area contributed by atoms with Gasteiger partial charge in [-0.05, 0) is 45.0 Å². The van der Waals surface area contributed by atoms with E-state index in [1.54, 1.807) is 18.3 Å². The lowest BCUT2D eigenvalue weighted by atomic mass is 10.2. The van der Waals surface area contributed by atoms with Crippen LogP contribution in [0.1, 0.15) is 20.8 Å². The van der Waals surface area contributed by atoms with Crippen LogP contribution in [0, 0.1) is 0 Å². The molecule has 0 aliphatic rings. The quantitative estimate of drug-likeness (QED) is 0.888. The molecule has 2 N–H and O–H groups in total. The third kappa shape index (κ3) is 5.14. The van der Waals surface area contributed by atoms with E-state index in [4.69, 9.17) is 4.74 Å². The van der Waals surface area contributed by atoms with Crippen molar-refractivity contribution in [2.45, 2.75) is 26.4 Å². The molecular formula is C16H19N3O2. The Bertz CT molecular complexity index is 589. The van der Waals surface area contributed by atoms with Gasteiger partial charge in [0.2, 0.25) is 0 Å². The molecule has 0 spiro atoms. The predicted octanol–water partition coefficient (Wildman–Crippen LogP) is 4.17. The average Bonchev–Trinajstić information content (AvgIpc) is 2.40. The van der Waals surface area contributed by atoms with Crippen LogP contribution in [0.25, 0.3) is 0 Å². The first kappa shape index (κ1) is 14.8. The van der Waals surface area contributed by atoms with Gasteiger partial charge in [-0.2, -0.15) is 0 Å². The van der Waals surface area contributed by atoms with Gasteiger partial charge in [0.15, 0.2) is 0 Å². The number of hydrogen-bond acceptors (Lipinski definition) is 4. The summed E-state index contributed by atoms with van der Waals surface area (Å²) in [5, 5.41) is 5.81. The number of nitrogens with one attached hydrogen (secondary N) is 2. The summed E-state index contributed by atoms with van der Waals surface area (Å²) in [6, 6.07) is 13.3. The molecule has 5 heteroatoms. The minimum absolute atomic E-state index is 0.493. The highest BCUT2D eigenvalue weighted by atomic mass is 16.6. The second kappa shape index (κ2) is 6.26. The third-order valence-corrected chi connectivity index (χ3v) is 2.45. The van der Waals surface area contributed by atoms with Crippen molar-refractivity contribution in [3.8, 4) is 0 Å². The molecule has 0 atom stereocenters. The Morgan fingerprint density at radius 1 is 1.05 bits per heavy atom. The monoisotopic (exact) mass is 285 g/mol. The fourth-order valence-corrected chi connectivity index (χ4v) is 1.63. The van der Waals surface area contributed by atoms with E-state index in [-0.39, 0.29) is 0 Å². The van der Waals surface area contributed by atoms with E-state index in [0.717, 1.165) is 5.69 Å². The Morgan fingerprint density at radius 3 is 2.33 bits per heavy atom. The Labute approximate surface area is 124 Å². The summed E-state index contributed by atoms with van der Waals surface area (Å²) < 4.78 is 5.17. The molecule has 1 aromatic heterocycles. The van der Waals surface area contributed by atoms with Gasteiger partial charge in [0, 0.05) is 5.69 Å². The number of benzene rings is 1. The number of pyridine rings is 1. The van der Waals surface area contributed by atoms with Gasteiger partial charge in [-0.1, -0.05) is 18.2 Å². The van der Waals surface area contributed by atoms with E-state index in [2.05, 4.69) is 15.6 Å². The molecule has 1 aromatic carbocycles. The number of rotatable bonds is 3. The van der Waals surface area contributed by atoms with E-state index in [1.165, 1.54) is 0 Å². The maximum atomic E-state index is 11.6. The van der Waals surface area contributed by atoms with Crippen LogP contribution in [-0.2, 0) is 4.74 Å². The number of carbonyl (C=O) groups excluding carboxylic acids is 1. The summed E-state index contributed by atoms with van der Waals surface area (Å²) in [7, 11) is 0. The number of anilines is 3. The van der Waals surface area contributed by atoms with Crippen LogP contribution in [0.2, 0.25) is 0 Å². The maximum absolute atomic E-state index is 11.6. The van der Waals surface area contributed by atoms with Crippen molar-refractivity contribution in [1.29, 1.82) is 0 Å². The second-order valence-electron chi connectivity index (χ2n) is 5.55. The summed E-state index contributed by atoms with van der Waals surface area (Å²) in [5.41, 5.74) is 1.02. The third-order valence-electron chi connectivity index (χ3n) is 2.45. The number of amides is 1. The molecule has 0 aliphatic carbocycles. The first-order valence-electron chi connectivity index (χ1n) is 6.70. The highest BCUT2D eigenvalue weighted by molar-refractivity contribution is 5.84. The SMILES string of the molecule is CC(C)(C)OC(=O)Nc1ccc(Nc2ccccc2)nc1. The molecule has 21 heavy (non-hydrogen) atoms. The highest BCUT2D eigenvalue weighted by Gasteiger charge is 2.16. The van der Waals surface area contributed by atoms with Crippen LogP contribution >= 0.6 is 0 Å². The predicted molar refractivity (Wildman–Crippen MR) is 83.8 cm³/mol. The van der Waals surface area contributed by atoms with Crippen LogP contribution in [0.5, 0.6) is 0 Å². The van der Waals surface area contributed by atoms with Crippen LogP contribution in [0.3, 0.4) is 0 Å². The number of para-hydroxylation sites is 1. The minimum atomic E-state index is -0.522. The van der Waals surface area contributed by atoms with Crippen molar-refractivity contribution in [3.05, 3.63) is 48.7 Å². The molecule has 110 valence electrons. The normalized spacial score (nSPS) is 10.8. The Kier molecular flexibility index (Phi) is 4.42. The number of ether oxygens (including phenoxy) is 1. The lowest BCUT2D eigenvalue weighted by Crippen LogP contribution is -2.27. The first-order chi connectivity index (χ1) is 9.92. The van der Waals surface area contributed by atoms with Gasteiger partial charge in [0.1, 0.15) is 11.4 Å². The standard InChI is InChI=1S/C16H19N3O2/c1-16(2,3)21-15(20)19-13-9-10-14(17-11-13)18-12-7-5-4-6-8-12/h4-11H,1-3H3,(H,17,18)(H,19,20). The van der Waals surface area contributed by atoms with Gasteiger partial charge >= 0.3 is 6.09 Å². The lowest BCUT2D eigenvalue weighted by Gasteiger charge is -2.19. The zero-order valence-electron chi connectivity index (χ0n) is 12.4. The van der Waals surface area contributed by atoms with E-state index in [1.807, 2.05) is 51.1 Å². The molecule has 0 aliphatic heterocycles. The zero-order chi connectivity index (χ0) is 15.3. The summed E-state index contributed by atoms with van der Waals surface area (Å²) in [5.74, 6) is 0.705. The van der Waals surface area contributed by atoms with Crippen LogP contribution in [0.4, 0.5) is 22.0 Å². The van der Waals surface area contributed by atoms with Crippen molar-refractivity contribution in [3.63, 3.8) is 0 Å². The zero-order valence-corrected chi connectivity index (χ0v) is 12.4. The number of hydrogen-bond donors (Lipinski definition) is 2. The smallest absolute Gasteiger partial charge is 0.412 e. The highest BCUT2D eigenvalue weighted by Crippen LogP contribution is 2.16. The lowest BCUT2D eigenvalue weighted by molar-refractivity contribution is 0.0636. The number of aromatic nitrogens is 1. The molecule has 2 rings (SSSR count). The molecular weight excluding hydrogens is 266 g/mol. The molecule has 0 saturated carbocycles. The molecule has 0 unspecified atom stereocenters. The number of nitrogens with zero attached hydrogens (tertiary/aromatic N) is 1. The Balaban J connectivity index is 1.95. The maximum Gasteiger partial charge on any atom is 0.412 e. The van der Waals surface area contributed by atoms with Gasteiger partial charge in [0.05, 0.1) is 11.9 Å². The van der Waals surface area contributed by atoms with E-state index in [9.17, 15) is 4.79 Å². The fraction of sp³-hybridized carbons (Fsp3) is 0.250. The van der Waals surface area contributed by atoms with Crippen molar-refractivity contribution in [1.82, 2.24) is 4.98 Å². The van der Waals surface area contributed by atoms with Gasteiger partial charge in [-0.25, -0.2) is 9.78 Å². The fourth-order valence-electron chi connectivity index (χ4n) is 1.63. The Hall–Kier alpha value is -2.56. The molecule has 5 nitrogen and oxygen atoms in total. The Morgan fingerprint density at radius 2 is 1.76 bits per heavy atom. The van der Waals surface area contributed by atoms with Gasteiger partial charge < -0.3 is 10.1 Å². The largest absolute Gasteiger partial charge is 0.444 e. The molecule has 1 heterocycles. The molecule has 0 radical (unpaired) electrons. The van der Waals surface area contributed by atoms with Crippen LogP contribution in [-0.4, -0.2) is 16.7 Å². The number of carbonyl (C=O) groups is 1. The van der Waals surface area contributed by atoms with Crippen molar-refractivity contribution >= 4 is 23.3 Å². The van der Waals surface area contributed by atoms with E-state index < -0.39 is 11.7 Å². The average molecular weight is 285 g/mol. The molecule has 1 amide bonds. The van der Waals surface area contributed by atoms with Crippen LogP contribution < -0.4 is 10.6 Å². The van der Waals surface area contributed by atoms with Crippen molar-refractivity contribution in [2.24, 2.45) is 0 Å².